The van der Waals surface area contributed by atoms with Crippen molar-refractivity contribution < 1.29 is 4.74 Å². The summed E-state index contributed by atoms with van der Waals surface area (Å²) in [5, 5.41) is 0. The van der Waals surface area contributed by atoms with Crippen LogP contribution >= 0.6 is 12.6 Å². The van der Waals surface area contributed by atoms with Gasteiger partial charge in [0, 0.05) is 12.3 Å². The highest BCUT2D eigenvalue weighted by atomic mass is 32.1. The number of aromatic nitrogens is 2. The van der Waals surface area contributed by atoms with Crippen molar-refractivity contribution in [2.75, 3.05) is 19.0 Å². The van der Waals surface area contributed by atoms with Gasteiger partial charge in [-0.1, -0.05) is 12.1 Å². The Balaban J connectivity index is 2.25. The highest BCUT2D eigenvalue weighted by Gasteiger charge is 2.02. The van der Waals surface area contributed by atoms with E-state index in [9.17, 15) is 4.79 Å². The number of rotatable bonds is 5. The summed E-state index contributed by atoms with van der Waals surface area (Å²) in [6.07, 6.45) is 1.35. The Morgan fingerprint density at radius 1 is 1.29 bits per heavy atom. The summed E-state index contributed by atoms with van der Waals surface area (Å²) in [7, 11) is 0. The molecule has 0 aliphatic rings. The molecule has 4 nitrogen and oxygen atoms in total. The molecule has 0 saturated carbocycles. The molecule has 0 unspecified atom stereocenters. The van der Waals surface area contributed by atoms with E-state index in [2.05, 4.69) is 17.6 Å². The van der Waals surface area contributed by atoms with E-state index in [-0.39, 0.29) is 5.56 Å². The third-order valence-electron chi connectivity index (χ3n) is 2.45. The standard InChI is InChI=1S/C12H14N2O2S/c15-12-9-13-10-3-1-2-4-11(10)14(12)5-6-16-7-8-17/h1-4,9,17H,5-8H2. The van der Waals surface area contributed by atoms with Crippen LogP contribution in [-0.4, -0.2) is 28.5 Å². The monoisotopic (exact) mass is 250 g/mol. The van der Waals surface area contributed by atoms with Gasteiger partial charge in [-0.25, -0.2) is 4.98 Å². The number of nitrogens with zero attached hydrogens (tertiary/aromatic N) is 2. The van der Waals surface area contributed by atoms with Crippen LogP contribution in [0.2, 0.25) is 0 Å². The molecule has 2 rings (SSSR count). The Morgan fingerprint density at radius 3 is 2.94 bits per heavy atom. The minimum atomic E-state index is -0.0989. The summed E-state index contributed by atoms with van der Waals surface area (Å²) < 4.78 is 7.02. The van der Waals surface area contributed by atoms with Crippen LogP contribution in [0.15, 0.2) is 35.3 Å². The van der Waals surface area contributed by atoms with Crippen LogP contribution < -0.4 is 5.56 Å². The van der Waals surface area contributed by atoms with Gasteiger partial charge in [-0.2, -0.15) is 12.6 Å². The molecule has 0 spiro atoms. The molecule has 5 heteroatoms. The maximum Gasteiger partial charge on any atom is 0.269 e. The van der Waals surface area contributed by atoms with Gasteiger partial charge in [-0.05, 0) is 12.1 Å². The number of hydrogen-bond acceptors (Lipinski definition) is 4. The second-order valence-corrected chi connectivity index (χ2v) is 4.02. The normalized spacial score (nSPS) is 10.9. The van der Waals surface area contributed by atoms with Gasteiger partial charge in [0.15, 0.2) is 0 Å². The maximum atomic E-state index is 11.7. The van der Waals surface area contributed by atoms with Gasteiger partial charge in [0.1, 0.15) is 0 Å². The zero-order valence-corrected chi connectivity index (χ0v) is 10.3. The molecule has 1 heterocycles. The molecule has 0 saturated heterocycles. The summed E-state index contributed by atoms with van der Waals surface area (Å²) in [6.45, 7) is 1.64. The SMILES string of the molecule is O=c1cnc2ccccc2n1CCOCCS. The third-order valence-corrected chi connectivity index (χ3v) is 2.63. The highest BCUT2D eigenvalue weighted by Crippen LogP contribution is 2.07. The highest BCUT2D eigenvalue weighted by molar-refractivity contribution is 7.80. The lowest BCUT2D eigenvalue weighted by Crippen LogP contribution is -2.23. The Hall–Kier alpha value is -1.33. The Kier molecular flexibility index (Phi) is 4.17. The molecule has 1 aromatic heterocycles. The number of para-hydroxylation sites is 2. The van der Waals surface area contributed by atoms with E-state index in [4.69, 9.17) is 4.74 Å². The molecule has 0 amide bonds. The fourth-order valence-electron chi connectivity index (χ4n) is 1.67. The van der Waals surface area contributed by atoms with Crippen molar-refractivity contribution in [3.05, 3.63) is 40.8 Å². The summed E-state index contributed by atoms with van der Waals surface area (Å²) in [6, 6.07) is 7.58. The molecule has 90 valence electrons. The van der Waals surface area contributed by atoms with Crippen molar-refractivity contribution in [2.24, 2.45) is 0 Å². The molecule has 0 bridgehead atoms. The van der Waals surface area contributed by atoms with Gasteiger partial charge in [0.2, 0.25) is 0 Å². The lowest BCUT2D eigenvalue weighted by Gasteiger charge is -2.09. The summed E-state index contributed by atoms with van der Waals surface area (Å²) in [5.41, 5.74) is 1.56. The molecule has 0 atom stereocenters. The number of benzene rings is 1. The van der Waals surface area contributed by atoms with Gasteiger partial charge in [-0.15, -0.1) is 0 Å². The van der Waals surface area contributed by atoms with E-state index < -0.39 is 0 Å². The van der Waals surface area contributed by atoms with E-state index in [1.807, 2.05) is 24.3 Å². The predicted molar refractivity (Wildman–Crippen MR) is 70.7 cm³/mol. The quantitative estimate of drug-likeness (QED) is 0.643. The molecular formula is C12H14N2O2S. The number of thiol groups is 1. The Labute approximate surface area is 105 Å². The largest absolute Gasteiger partial charge is 0.379 e. The third kappa shape index (κ3) is 2.87. The lowest BCUT2D eigenvalue weighted by atomic mass is 10.3. The van der Waals surface area contributed by atoms with Gasteiger partial charge in [0.25, 0.3) is 5.56 Å². The summed E-state index contributed by atoms with van der Waals surface area (Å²) >= 11 is 4.06. The van der Waals surface area contributed by atoms with Crippen LogP contribution in [-0.2, 0) is 11.3 Å². The van der Waals surface area contributed by atoms with Gasteiger partial charge >= 0.3 is 0 Å². The van der Waals surface area contributed by atoms with Crippen molar-refractivity contribution in [1.29, 1.82) is 0 Å². The Morgan fingerprint density at radius 2 is 2.12 bits per heavy atom. The van der Waals surface area contributed by atoms with Crippen LogP contribution in [0.25, 0.3) is 11.0 Å². The second kappa shape index (κ2) is 5.84. The molecule has 0 aliphatic heterocycles. The first-order valence-electron chi connectivity index (χ1n) is 5.46. The van der Waals surface area contributed by atoms with Crippen molar-refractivity contribution in [3.63, 3.8) is 0 Å². The fraction of sp³-hybridized carbons (Fsp3) is 0.333. The maximum absolute atomic E-state index is 11.7. The van der Waals surface area contributed by atoms with Crippen LogP contribution in [0, 0.1) is 0 Å². The van der Waals surface area contributed by atoms with Crippen molar-refractivity contribution in [3.8, 4) is 0 Å². The molecule has 0 N–H and O–H groups in total. The molecule has 1 aromatic carbocycles. The fourth-order valence-corrected chi connectivity index (χ4v) is 1.80. The van der Waals surface area contributed by atoms with Gasteiger partial charge in [0.05, 0.1) is 30.4 Å². The smallest absolute Gasteiger partial charge is 0.269 e. The number of hydrogen-bond donors (Lipinski definition) is 1. The van der Waals surface area contributed by atoms with Crippen LogP contribution in [0.1, 0.15) is 0 Å². The van der Waals surface area contributed by atoms with Crippen LogP contribution in [0.4, 0.5) is 0 Å². The molecule has 17 heavy (non-hydrogen) atoms. The molecule has 0 radical (unpaired) electrons. The van der Waals surface area contributed by atoms with Crippen molar-refractivity contribution in [1.82, 2.24) is 9.55 Å². The number of ether oxygens (including phenoxy) is 1. The van der Waals surface area contributed by atoms with E-state index in [1.165, 1.54) is 6.20 Å². The van der Waals surface area contributed by atoms with E-state index >= 15 is 0 Å². The average molecular weight is 250 g/mol. The first kappa shape index (κ1) is 12.1. The predicted octanol–water partition coefficient (Wildman–Crippen LogP) is 1.34. The van der Waals surface area contributed by atoms with Crippen molar-refractivity contribution in [2.45, 2.75) is 6.54 Å². The van der Waals surface area contributed by atoms with Gasteiger partial charge < -0.3 is 9.30 Å². The van der Waals surface area contributed by atoms with E-state index in [0.717, 1.165) is 11.0 Å². The summed E-state index contributed by atoms with van der Waals surface area (Å²) in [4.78, 5) is 15.8. The molecular weight excluding hydrogens is 236 g/mol. The minimum Gasteiger partial charge on any atom is -0.379 e. The second-order valence-electron chi connectivity index (χ2n) is 3.57. The molecule has 0 aliphatic carbocycles. The average Bonchev–Trinajstić information content (AvgIpc) is 2.37. The zero-order chi connectivity index (χ0) is 12.1. The zero-order valence-electron chi connectivity index (χ0n) is 9.37. The first-order valence-corrected chi connectivity index (χ1v) is 6.09. The summed E-state index contributed by atoms with van der Waals surface area (Å²) in [5.74, 6) is 0.686. The Bertz CT molecular complexity index is 553. The lowest BCUT2D eigenvalue weighted by molar-refractivity contribution is 0.141. The molecule has 0 fully saturated rings. The number of fused-ring (bicyclic) bond motifs is 1. The van der Waals surface area contributed by atoms with Gasteiger partial charge in [-0.3, -0.25) is 4.79 Å². The molecule has 2 aromatic rings. The van der Waals surface area contributed by atoms with E-state index in [1.54, 1.807) is 4.57 Å². The van der Waals surface area contributed by atoms with Crippen LogP contribution in [0.5, 0.6) is 0 Å². The first-order chi connectivity index (χ1) is 8.33. The van der Waals surface area contributed by atoms with Crippen LogP contribution in [0.3, 0.4) is 0 Å². The topological polar surface area (TPSA) is 44.1 Å². The minimum absolute atomic E-state index is 0.0989. The van der Waals surface area contributed by atoms with E-state index in [0.29, 0.717) is 25.5 Å². The van der Waals surface area contributed by atoms with Crippen molar-refractivity contribution >= 4 is 23.7 Å².